The summed E-state index contributed by atoms with van der Waals surface area (Å²) in [5.74, 6) is 0. The van der Waals surface area contributed by atoms with Crippen LogP contribution >= 0.6 is 11.3 Å². The van der Waals surface area contributed by atoms with Crippen LogP contribution in [0, 0.1) is 11.3 Å². The minimum absolute atomic E-state index is 0.156. The number of thiophene rings is 1. The first-order chi connectivity index (χ1) is 9.20. The molecule has 0 radical (unpaired) electrons. The Balaban J connectivity index is 2.34. The van der Waals surface area contributed by atoms with Crippen molar-refractivity contribution in [2.45, 2.75) is 6.43 Å². The Hall–Kier alpha value is -2.33. The van der Waals surface area contributed by atoms with Crippen molar-refractivity contribution in [3.05, 3.63) is 41.0 Å². The van der Waals surface area contributed by atoms with E-state index in [9.17, 15) is 8.78 Å². The van der Waals surface area contributed by atoms with E-state index < -0.39 is 6.43 Å². The molecule has 3 heterocycles. The summed E-state index contributed by atoms with van der Waals surface area (Å²) in [5.41, 5.74) is 0.494. The van der Waals surface area contributed by atoms with Crippen molar-refractivity contribution in [1.82, 2.24) is 14.6 Å². The molecule has 0 aliphatic carbocycles. The predicted molar refractivity (Wildman–Crippen MR) is 66.0 cm³/mol. The Morgan fingerprint density at radius 1 is 1.42 bits per heavy atom. The van der Waals surface area contributed by atoms with Crippen molar-refractivity contribution in [3.8, 4) is 16.6 Å². The van der Waals surface area contributed by atoms with Crippen LogP contribution in [-0.2, 0) is 0 Å². The van der Waals surface area contributed by atoms with Gasteiger partial charge in [-0.15, -0.1) is 11.3 Å². The fourth-order valence-corrected chi connectivity index (χ4v) is 2.46. The maximum Gasteiger partial charge on any atom is 0.280 e. The number of aromatic nitrogens is 3. The van der Waals surface area contributed by atoms with Gasteiger partial charge in [-0.2, -0.15) is 10.4 Å². The maximum absolute atomic E-state index is 13.1. The number of fused-ring (bicyclic) bond motifs is 1. The van der Waals surface area contributed by atoms with Crippen LogP contribution in [0.15, 0.2) is 29.8 Å². The second kappa shape index (κ2) is 4.40. The molecule has 7 heteroatoms. The molecule has 0 saturated carbocycles. The van der Waals surface area contributed by atoms with E-state index in [0.29, 0.717) is 5.69 Å². The summed E-state index contributed by atoms with van der Waals surface area (Å²) < 4.78 is 27.1. The highest BCUT2D eigenvalue weighted by Crippen LogP contribution is 2.28. The minimum atomic E-state index is -2.68. The number of hydrogen-bond donors (Lipinski definition) is 0. The standard InChI is InChI=1S/C12H6F2N4S/c13-11(14)9-4-8(10-2-1-3-19-10)17-12-7(5-15)6-16-18(9)12/h1-4,6,11H. The van der Waals surface area contributed by atoms with Crippen molar-refractivity contribution in [2.24, 2.45) is 0 Å². The number of rotatable bonds is 2. The van der Waals surface area contributed by atoms with Gasteiger partial charge in [0.2, 0.25) is 0 Å². The first-order valence-electron chi connectivity index (χ1n) is 5.31. The fraction of sp³-hybridized carbons (Fsp3) is 0.0833. The van der Waals surface area contributed by atoms with E-state index >= 15 is 0 Å². The van der Waals surface area contributed by atoms with Gasteiger partial charge in [0.1, 0.15) is 17.3 Å². The molecule has 0 fully saturated rings. The first kappa shape index (κ1) is 11.7. The van der Waals surface area contributed by atoms with Gasteiger partial charge in [-0.05, 0) is 17.5 Å². The molecule has 19 heavy (non-hydrogen) atoms. The molecular formula is C12H6F2N4S. The molecule has 0 aromatic carbocycles. The molecule has 3 aromatic rings. The zero-order valence-electron chi connectivity index (χ0n) is 9.42. The summed E-state index contributed by atoms with van der Waals surface area (Å²) in [6.07, 6.45) is -1.44. The van der Waals surface area contributed by atoms with E-state index in [1.54, 1.807) is 6.07 Å². The van der Waals surface area contributed by atoms with Crippen LogP contribution in [0.4, 0.5) is 8.78 Å². The Bertz CT molecular complexity index is 771. The Labute approximate surface area is 110 Å². The van der Waals surface area contributed by atoms with Gasteiger partial charge in [0.05, 0.1) is 16.8 Å². The van der Waals surface area contributed by atoms with E-state index in [2.05, 4.69) is 10.1 Å². The summed E-state index contributed by atoms with van der Waals surface area (Å²) in [6.45, 7) is 0. The molecule has 0 atom stereocenters. The maximum atomic E-state index is 13.1. The van der Waals surface area contributed by atoms with Crippen LogP contribution in [0.2, 0.25) is 0 Å². The molecular weight excluding hydrogens is 270 g/mol. The molecule has 3 rings (SSSR count). The largest absolute Gasteiger partial charge is 0.280 e. The zero-order chi connectivity index (χ0) is 13.4. The molecule has 3 aromatic heterocycles. The fourth-order valence-electron chi connectivity index (χ4n) is 1.77. The number of halogens is 2. The Kier molecular flexibility index (Phi) is 2.72. The predicted octanol–water partition coefficient (Wildman–Crippen LogP) is 3.27. The summed E-state index contributed by atoms with van der Waals surface area (Å²) in [7, 11) is 0. The van der Waals surface area contributed by atoms with Crippen molar-refractivity contribution >= 4 is 17.0 Å². The van der Waals surface area contributed by atoms with Crippen LogP contribution in [0.3, 0.4) is 0 Å². The van der Waals surface area contributed by atoms with Crippen LogP contribution in [-0.4, -0.2) is 14.6 Å². The molecule has 0 saturated heterocycles. The van der Waals surface area contributed by atoms with Crippen LogP contribution < -0.4 is 0 Å². The van der Waals surface area contributed by atoms with Gasteiger partial charge in [0.25, 0.3) is 6.43 Å². The molecule has 4 nitrogen and oxygen atoms in total. The third kappa shape index (κ3) is 1.86. The average Bonchev–Trinajstić information content (AvgIpc) is 3.06. The van der Waals surface area contributed by atoms with Gasteiger partial charge in [0.15, 0.2) is 5.65 Å². The molecule has 0 bridgehead atoms. The minimum Gasteiger partial charge on any atom is -0.226 e. The van der Waals surface area contributed by atoms with Crippen LogP contribution in [0.5, 0.6) is 0 Å². The van der Waals surface area contributed by atoms with Gasteiger partial charge in [-0.3, -0.25) is 0 Å². The van der Waals surface area contributed by atoms with Gasteiger partial charge in [0, 0.05) is 0 Å². The van der Waals surface area contributed by atoms with E-state index in [-0.39, 0.29) is 16.9 Å². The quantitative estimate of drug-likeness (QED) is 0.721. The van der Waals surface area contributed by atoms with Gasteiger partial charge in [-0.1, -0.05) is 6.07 Å². The number of nitriles is 1. The monoisotopic (exact) mass is 276 g/mol. The highest BCUT2D eigenvalue weighted by Gasteiger charge is 2.18. The summed E-state index contributed by atoms with van der Waals surface area (Å²) >= 11 is 1.40. The SMILES string of the molecule is N#Cc1cnn2c(C(F)F)cc(-c3cccs3)nc12. The smallest absolute Gasteiger partial charge is 0.226 e. The van der Waals surface area contributed by atoms with E-state index in [1.807, 2.05) is 17.5 Å². The molecule has 0 amide bonds. The number of alkyl halides is 2. The number of nitrogens with zero attached hydrogens (tertiary/aromatic N) is 4. The summed E-state index contributed by atoms with van der Waals surface area (Å²) in [4.78, 5) is 5.02. The highest BCUT2D eigenvalue weighted by atomic mass is 32.1. The third-order valence-electron chi connectivity index (χ3n) is 2.62. The van der Waals surface area contributed by atoms with Crippen molar-refractivity contribution in [3.63, 3.8) is 0 Å². The Morgan fingerprint density at radius 2 is 2.26 bits per heavy atom. The van der Waals surface area contributed by atoms with Crippen molar-refractivity contribution in [2.75, 3.05) is 0 Å². The van der Waals surface area contributed by atoms with E-state index in [0.717, 1.165) is 9.39 Å². The lowest BCUT2D eigenvalue weighted by molar-refractivity contribution is 0.143. The molecule has 94 valence electrons. The first-order valence-corrected chi connectivity index (χ1v) is 6.19. The van der Waals surface area contributed by atoms with Gasteiger partial charge >= 0.3 is 0 Å². The lowest BCUT2D eigenvalue weighted by atomic mass is 10.2. The average molecular weight is 276 g/mol. The second-order valence-corrected chi connectivity index (χ2v) is 4.70. The van der Waals surface area contributed by atoms with E-state index in [4.69, 9.17) is 5.26 Å². The molecule has 0 spiro atoms. The topological polar surface area (TPSA) is 54.0 Å². The molecule has 0 aliphatic heterocycles. The van der Waals surface area contributed by atoms with E-state index in [1.165, 1.54) is 23.6 Å². The zero-order valence-corrected chi connectivity index (χ0v) is 10.2. The van der Waals surface area contributed by atoms with Crippen LogP contribution in [0.1, 0.15) is 17.7 Å². The highest BCUT2D eigenvalue weighted by molar-refractivity contribution is 7.13. The number of hydrogen-bond acceptors (Lipinski definition) is 4. The Morgan fingerprint density at radius 3 is 2.89 bits per heavy atom. The molecule has 0 aliphatic rings. The van der Waals surface area contributed by atoms with Crippen molar-refractivity contribution < 1.29 is 8.78 Å². The lowest BCUT2D eigenvalue weighted by Crippen LogP contribution is -2.02. The van der Waals surface area contributed by atoms with Gasteiger partial charge in [-0.25, -0.2) is 18.3 Å². The second-order valence-electron chi connectivity index (χ2n) is 3.75. The van der Waals surface area contributed by atoms with Crippen molar-refractivity contribution in [1.29, 1.82) is 5.26 Å². The lowest BCUT2D eigenvalue weighted by Gasteiger charge is -2.06. The van der Waals surface area contributed by atoms with Crippen LogP contribution in [0.25, 0.3) is 16.2 Å². The normalized spacial score (nSPS) is 11.1. The third-order valence-corrected chi connectivity index (χ3v) is 3.51. The van der Waals surface area contributed by atoms with Gasteiger partial charge < -0.3 is 0 Å². The summed E-state index contributed by atoms with van der Waals surface area (Å²) in [6, 6.07) is 6.81. The molecule has 0 unspecified atom stereocenters. The summed E-state index contributed by atoms with van der Waals surface area (Å²) in [5, 5.41) is 14.6. The molecule has 0 N–H and O–H groups in total.